The van der Waals surface area contributed by atoms with Gasteiger partial charge in [0.1, 0.15) is 5.69 Å². The number of hydrogen-bond acceptors (Lipinski definition) is 3. The van der Waals surface area contributed by atoms with Crippen LogP contribution in [0.5, 0.6) is 0 Å². The van der Waals surface area contributed by atoms with E-state index in [1.54, 1.807) is 6.07 Å². The van der Waals surface area contributed by atoms with E-state index in [-0.39, 0.29) is 17.2 Å². The lowest BCUT2D eigenvalue weighted by atomic mass is 10.0. The molecular weight excluding hydrogens is 238 g/mol. The van der Waals surface area contributed by atoms with Gasteiger partial charge in [-0.15, -0.1) is 0 Å². The molecule has 96 valence electrons. The molecule has 1 aromatic carbocycles. The van der Waals surface area contributed by atoms with Crippen molar-refractivity contribution < 1.29 is 13.5 Å². The first-order valence-electron chi connectivity index (χ1n) is 5.91. The molecule has 1 aliphatic heterocycles. The maximum atomic E-state index is 13.6. The fraction of sp³-hybridized carbons (Fsp3) is 0.462. The van der Waals surface area contributed by atoms with Gasteiger partial charge in [-0.3, -0.25) is 0 Å². The molecule has 0 bridgehead atoms. The molecule has 0 spiro atoms. The number of benzene rings is 1. The van der Waals surface area contributed by atoms with E-state index in [1.165, 1.54) is 0 Å². The molecule has 0 radical (unpaired) electrons. The van der Waals surface area contributed by atoms with Crippen LogP contribution in [0.2, 0.25) is 0 Å². The Morgan fingerprint density at radius 2 is 2.11 bits per heavy atom. The van der Waals surface area contributed by atoms with Crippen LogP contribution < -0.4 is 5.32 Å². The second-order valence-corrected chi connectivity index (χ2v) is 4.39. The smallest absolute Gasteiger partial charge is 0.150 e. The van der Waals surface area contributed by atoms with Gasteiger partial charge in [-0.25, -0.2) is 8.78 Å². The van der Waals surface area contributed by atoms with Crippen LogP contribution in [-0.4, -0.2) is 19.8 Å². The Morgan fingerprint density at radius 1 is 1.39 bits per heavy atom. The van der Waals surface area contributed by atoms with Gasteiger partial charge in [0, 0.05) is 13.2 Å². The maximum Gasteiger partial charge on any atom is 0.150 e. The summed E-state index contributed by atoms with van der Waals surface area (Å²) in [5, 5.41) is 11.4. The number of ether oxygens (including phenoxy) is 1. The topological polar surface area (TPSA) is 45.0 Å². The highest BCUT2D eigenvalue weighted by Crippen LogP contribution is 2.22. The van der Waals surface area contributed by atoms with Gasteiger partial charge in [0.15, 0.2) is 11.6 Å². The van der Waals surface area contributed by atoms with E-state index in [9.17, 15) is 8.78 Å². The zero-order chi connectivity index (χ0) is 13.0. The van der Waals surface area contributed by atoms with Gasteiger partial charge >= 0.3 is 0 Å². The van der Waals surface area contributed by atoms with Crippen LogP contribution in [0, 0.1) is 28.9 Å². The van der Waals surface area contributed by atoms with Crippen LogP contribution >= 0.6 is 0 Å². The zero-order valence-electron chi connectivity index (χ0n) is 9.88. The molecule has 0 amide bonds. The minimum atomic E-state index is -0.733. The first-order valence-corrected chi connectivity index (χ1v) is 5.91. The van der Waals surface area contributed by atoms with Crippen molar-refractivity contribution in [2.45, 2.75) is 12.8 Å². The Labute approximate surface area is 104 Å². The van der Waals surface area contributed by atoms with Gasteiger partial charge < -0.3 is 10.1 Å². The minimum Gasteiger partial charge on any atom is -0.381 e. The molecular formula is C13H14F2N2O. The summed E-state index contributed by atoms with van der Waals surface area (Å²) in [6, 6.07) is 3.77. The van der Waals surface area contributed by atoms with Crippen molar-refractivity contribution in [3.8, 4) is 6.07 Å². The molecule has 0 aliphatic carbocycles. The van der Waals surface area contributed by atoms with Crippen LogP contribution in [0.25, 0.3) is 0 Å². The van der Waals surface area contributed by atoms with Gasteiger partial charge in [-0.05, 0) is 30.9 Å². The summed E-state index contributed by atoms with van der Waals surface area (Å²) in [7, 11) is 0. The predicted octanol–water partition coefficient (Wildman–Crippen LogP) is 2.67. The highest BCUT2D eigenvalue weighted by atomic mass is 19.1. The van der Waals surface area contributed by atoms with Crippen molar-refractivity contribution in [2.24, 2.45) is 5.92 Å². The van der Waals surface area contributed by atoms with Crippen molar-refractivity contribution in [2.75, 3.05) is 25.1 Å². The molecule has 1 fully saturated rings. The van der Waals surface area contributed by atoms with Crippen LogP contribution in [-0.2, 0) is 4.74 Å². The van der Waals surface area contributed by atoms with Crippen LogP contribution in [0.3, 0.4) is 0 Å². The summed E-state index contributed by atoms with van der Waals surface area (Å²) < 4.78 is 32.4. The van der Waals surface area contributed by atoms with Gasteiger partial charge in [0.05, 0.1) is 18.2 Å². The van der Waals surface area contributed by atoms with Crippen molar-refractivity contribution in [3.63, 3.8) is 0 Å². The lowest BCUT2D eigenvalue weighted by Gasteiger charge is -2.22. The van der Waals surface area contributed by atoms with Crippen LogP contribution in [0.4, 0.5) is 14.5 Å². The molecule has 1 N–H and O–H groups in total. The Kier molecular flexibility index (Phi) is 4.11. The first kappa shape index (κ1) is 12.8. The predicted molar refractivity (Wildman–Crippen MR) is 63.1 cm³/mol. The third-order valence-corrected chi connectivity index (χ3v) is 2.99. The van der Waals surface area contributed by atoms with E-state index in [2.05, 4.69) is 5.32 Å². The van der Waals surface area contributed by atoms with Crippen molar-refractivity contribution in [1.29, 1.82) is 5.26 Å². The number of anilines is 1. The molecule has 1 aromatic rings. The van der Waals surface area contributed by atoms with Gasteiger partial charge in [-0.2, -0.15) is 5.26 Å². The average Bonchev–Trinajstić information content (AvgIpc) is 2.38. The molecule has 1 unspecified atom stereocenters. The fourth-order valence-electron chi connectivity index (χ4n) is 2.02. The summed E-state index contributed by atoms with van der Waals surface area (Å²) in [4.78, 5) is 0. The number of nitrogens with zero attached hydrogens (tertiary/aromatic N) is 1. The normalized spacial score (nSPS) is 19.3. The third-order valence-electron chi connectivity index (χ3n) is 2.99. The summed E-state index contributed by atoms with van der Waals surface area (Å²) >= 11 is 0. The van der Waals surface area contributed by atoms with Crippen molar-refractivity contribution in [1.82, 2.24) is 0 Å². The highest BCUT2D eigenvalue weighted by molar-refractivity contribution is 5.50. The fourth-order valence-corrected chi connectivity index (χ4v) is 2.02. The number of nitriles is 1. The molecule has 0 saturated carbocycles. The van der Waals surface area contributed by atoms with Crippen LogP contribution in [0.15, 0.2) is 12.1 Å². The number of hydrogen-bond donors (Lipinski definition) is 1. The van der Waals surface area contributed by atoms with E-state index in [0.717, 1.165) is 31.6 Å². The van der Waals surface area contributed by atoms with Gasteiger partial charge in [-0.1, -0.05) is 0 Å². The first-order chi connectivity index (χ1) is 8.70. The molecule has 1 saturated heterocycles. The second kappa shape index (κ2) is 5.78. The number of rotatable bonds is 3. The average molecular weight is 252 g/mol. The monoisotopic (exact) mass is 252 g/mol. The van der Waals surface area contributed by atoms with Crippen molar-refractivity contribution in [3.05, 3.63) is 29.3 Å². The quantitative estimate of drug-likeness (QED) is 0.899. The standard InChI is InChI=1S/C13H14F2N2O/c14-11-4-10(6-16)5-12(15)13(11)17-7-9-2-1-3-18-8-9/h4-5,9,17H,1-3,7-8H2. The summed E-state index contributed by atoms with van der Waals surface area (Å²) in [6.07, 6.45) is 1.97. The lowest BCUT2D eigenvalue weighted by molar-refractivity contribution is 0.0594. The Bertz CT molecular complexity index is 442. The number of nitrogens with one attached hydrogen (secondary N) is 1. The largest absolute Gasteiger partial charge is 0.381 e. The Morgan fingerprint density at radius 3 is 2.67 bits per heavy atom. The highest BCUT2D eigenvalue weighted by Gasteiger charge is 2.16. The maximum absolute atomic E-state index is 13.6. The SMILES string of the molecule is N#Cc1cc(F)c(NCC2CCCOC2)c(F)c1. The minimum absolute atomic E-state index is 0.0171. The van der Waals surface area contributed by atoms with E-state index >= 15 is 0 Å². The molecule has 0 aromatic heterocycles. The zero-order valence-corrected chi connectivity index (χ0v) is 9.88. The Balaban J connectivity index is 2.02. The Hall–Kier alpha value is -1.67. The van der Waals surface area contributed by atoms with E-state index in [4.69, 9.17) is 10.00 Å². The molecule has 5 heteroatoms. The van der Waals surface area contributed by atoms with E-state index in [0.29, 0.717) is 13.2 Å². The van der Waals surface area contributed by atoms with Crippen LogP contribution in [0.1, 0.15) is 18.4 Å². The molecule has 1 heterocycles. The molecule has 1 aliphatic rings. The van der Waals surface area contributed by atoms with Crippen molar-refractivity contribution >= 4 is 5.69 Å². The van der Waals surface area contributed by atoms with E-state index < -0.39 is 11.6 Å². The summed E-state index contributed by atoms with van der Waals surface area (Å²) in [5.74, 6) is -1.19. The molecule has 3 nitrogen and oxygen atoms in total. The van der Waals surface area contributed by atoms with Gasteiger partial charge in [0.2, 0.25) is 0 Å². The number of halogens is 2. The molecule has 2 rings (SSSR count). The molecule has 18 heavy (non-hydrogen) atoms. The molecule has 1 atom stereocenters. The third kappa shape index (κ3) is 2.96. The summed E-state index contributed by atoms with van der Waals surface area (Å²) in [6.45, 7) is 1.85. The van der Waals surface area contributed by atoms with Gasteiger partial charge in [0.25, 0.3) is 0 Å². The summed E-state index contributed by atoms with van der Waals surface area (Å²) in [5.41, 5.74) is -0.184. The lowest BCUT2D eigenvalue weighted by Crippen LogP contribution is -2.24. The van der Waals surface area contributed by atoms with E-state index in [1.807, 2.05) is 0 Å². The second-order valence-electron chi connectivity index (χ2n) is 4.39.